The molecule has 5 nitrogen and oxygen atoms in total. The van der Waals surface area contributed by atoms with Gasteiger partial charge >= 0.3 is 262 Å². The molecule has 3 aromatic carbocycles. The first-order chi connectivity index (χ1) is 19.9. The Kier molecular flexibility index (Phi) is 11.0. The quantitative estimate of drug-likeness (QED) is 0.223. The van der Waals surface area contributed by atoms with E-state index < -0.39 is 24.2 Å². The Morgan fingerprint density at radius 2 is 1.45 bits per heavy atom. The number of alkyl carbamates (subject to hydrolysis) is 1. The van der Waals surface area contributed by atoms with Gasteiger partial charge in [-0.15, -0.1) is 0 Å². The number of aliphatic hydroxyl groups excluding tert-OH is 1. The van der Waals surface area contributed by atoms with Crippen molar-refractivity contribution in [2.45, 2.75) is 75.6 Å². The fourth-order valence-electron chi connectivity index (χ4n) is 5.52. The van der Waals surface area contributed by atoms with E-state index in [2.05, 4.69) is 43.4 Å². The molecule has 0 saturated heterocycles. The Morgan fingerprint density at radius 3 is 2.00 bits per heavy atom. The van der Waals surface area contributed by atoms with E-state index in [1.165, 1.54) is 22.9 Å². The van der Waals surface area contributed by atoms with Gasteiger partial charge in [-0.3, -0.25) is 0 Å². The van der Waals surface area contributed by atoms with E-state index in [1.54, 1.807) is 0 Å². The summed E-state index contributed by atoms with van der Waals surface area (Å²) in [4.78, 5) is 26.4. The van der Waals surface area contributed by atoms with Gasteiger partial charge in [-0.25, -0.2) is 0 Å². The van der Waals surface area contributed by atoms with Crippen molar-refractivity contribution in [3.63, 3.8) is 0 Å². The molecule has 2 N–H and O–H groups in total. The molecule has 1 aliphatic rings. The molecule has 4 atom stereocenters. The second-order valence-electron chi connectivity index (χ2n) is 12.4. The van der Waals surface area contributed by atoms with Gasteiger partial charge in [-0.2, -0.15) is 0 Å². The molecule has 0 saturated carbocycles. The van der Waals surface area contributed by atoms with Gasteiger partial charge in [0.15, 0.2) is 0 Å². The summed E-state index contributed by atoms with van der Waals surface area (Å²) in [7, 11) is 0. The van der Waals surface area contributed by atoms with E-state index in [-0.39, 0.29) is 48.1 Å². The third kappa shape index (κ3) is 8.29. The number of fused-ring (bicyclic) bond motifs is 3. The summed E-state index contributed by atoms with van der Waals surface area (Å²) in [5, 5.41) is 14.9. The first-order valence-electron chi connectivity index (χ1n) is 14.7. The molecule has 0 aromatic heterocycles. The Bertz CT molecular complexity index is 1310. The molecule has 0 radical (unpaired) electrons. The van der Waals surface area contributed by atoms with Crippen LogP contribution >= 0.6 is 11.8 Å². The number of carbonyl (C=O) groups is 2. The summed E-state index contributed by atoms with van der Waals surface area (Å²) in [6.07, 6.45) is -0.831. The molecule has 0 aliphatic heterocycles. The fraction of sp³-hybridized carbons (Fsp3) is 0.429. The molecule has 3 aromatic rings. The van der Waals surface area contributed by atoms with Crippen LogP contribution in [0.3, 0.4) is 0 Å². The SMILES string of the molecule is CC(C)C[C@H](C(=O)SC(C)(C)C)[C@@H](O)[C@@H]([Se]c1ccccc1)[C@H](C)NC(=O)OCC1c2ccccc2-c2ccccc21. The van der Waals surface area contributed by atoms with Crippen LogP contribution in [-0.4, -0.2) is 54.8 Å². The zero-order chi connectivity index (χ0) is 30.4. The number of ether oxygens (including phenoxy) is 1. The number of hydrogen-bond donors (Lipinski definition) is 2. The van der Waals surface area contributed by atoms with E-state index >= 15 is 0 Å². The van der Waals surface area contributed by atoms with Gasteiger partial charge in [0.2, 0.25) is 0 Å². The Morgan fingerprint density at radius 1 is 0.905 bits per heavy atom. The molecule has 0 unspecified atom stereocenters. The Balaban J connectivity index is 1.50. The Labute approximate surface area is 261 Å². The first kappa shape index (κ1) is 32.3. The minimum absolute atomic E-state index is 0.00547. The van der Waals surface area contributed by atoms with Gasteiger partial charge in [0.25, 0.3) is 0 Å². The number of carbonyl (C=O) groups excluding carboxylic acids is 2. The number of thioether (sulfide) groups is 1. The maximum atomic E-state index is 13.5. The van der Waals surface area contributed by atoms with Gasteiger partial charge in [0.05, 0.1) is 0 Å². The van der Waals surface area contributed by atoms with E-state index in [0.29, 0.717) is 6.42 Å². The molecule has 7 heteroatoms. The van der Waals surface area contributed by atoms with Crippen molar-refractivity contribution in [2.24, 2.45) is 11.8 Å². The van der Waals surface area contributed by atoms with Crippen LogP contribution in [0.25, 0.3) is 11.1 Å². The van der Waals surface area contributed by atoms with Gasteiger partial charge in [0.1, 0.15) is 0 Å². The molecule has 1 amide bonds. The standard InChI is InChI=1S/C35H43NO4SSe/c1-22(2)20-29(33(38)41-35(4,5)6)31(37)32(42-24-14-8-7-9-15-24)23(3)36-34(39)40-21-30-27-18-12-10-16-25(27)26-17-11-13-19-28(26)30/h7-19,22-23,29-32,37H,20-21H2,1-6H3,(H,36,39)/t23-,29-,31+,32-/m0/s1. The van der Waals surface area contributed by atoms with Crippen molar-refractivity contribution in [3.05, 3.63) is 90.0 Å². The van der Waals surface area contributed by atoms with Crippen LogP contribution < -0.4 is 9.78 Å². The van der Waals surface area contributed by atoms with Gasteiger partial charge in [-0.05, 0) is 0 Å². The molecule has 1 aliphatic carbocycles. The van der Waals surface area contributed by atoms with Crippen LogP contribution in [0.15, 0.2) is 78.9 Å². The molecule has 4 rings (SSSR count). The predicted octanol–water partition coefficient (Wildman–Crippen LogP) is 6.81. The van der Waals surface area contributed by atoms with Crippen molar-refractivity contribution in [2.75, 3.05) is 6.61 Å². The van der Waals surface area contributed by atoms with Gasteiger partial charge < -0.3 is 0 Å². The van der Waals surface area contributed by atoms with Crippen LogP contribution in [0.1, 0.15) is 65.0 Å². The topological polar surface area (TPSA) is 75.6 Å². The third-order valence-electron chi connectivity index (χ3n) is 7.38. The van der Waals surface area contributed by atoms with Crippen LogP contribution in [0.2, 0.25) is 4.82 Å². The number of hydrogen-bond acceptors (Lipinski definition) is 5. The van der Waals surface area contributed by atoms with Crippen LogP contribution in [0.4, 0.5) is 4.79 Å². The number of rotatable bonds is 11. The number of aliphatic hydroxyl groups is 1. The van der Waals surface area contributed by atoms with Crippen molar-refractivity contribution in [1.29, 1.82) is 0 Å². The summed E-state index contributed by atoms with van der Waals surface area (Å²) in [5.74, 6) is -0.322. The molecule has 0 fully saturated rings. The monoisotopic (exact) mass is 653 g/mol. The maximum absolute atomic E-state index is 13.5. The summed E-state index contributed by atoms with van der Waals surface area (Å²) in [6.45, 7) is 12.3. The van der Waals surface area contributed by atoms with Crippen LogP contribution in [0.5, 0.6) is 0 Å². The molecule has 224 valence electrons. The van der Waals surface area contributed by atoms with Crippen LogP contribution in [-0.2, 0) is 9.53 Å². The number of nitrogens with one attached hydrogen (secondary N) is 1. The van der Waals surface area contributed by atoms with Crippen LogP contribution in [0, 0.1) is 11.8 Å². The van der Waals surface area contributed by atoms with Crippen molar-refractivity contribution in [3.8, 4) is 11.1 Å². The minimum atomic E-state index is -0.904. The van der Waals surface area contributed by atoms with E-state index in [0.717, 1.165) is 15.6 Å². The molecule has 0 bridgehead atoms. The summed E-state index contributed by atoms with van der Waals surface area (Å²) in [6, 6.07) is 26.1. The number of benzene rings is 3. The summed E-state index contributed by atoms with van der Waals surface area (Å²) < 4.78 is 6.69. The van der Waals surface area contributed by atoms with E-state index in [4.69, 9.17) is 4.74 Å². The van der Waals surface area contributed by atoms with E-state index in [1.807, 2.05) is 82.3 Å². The molecule has 0 spiro atoms. The van der Waals surface area contributed by atoms with Crippen molar-refractivity contribution in [1.82, 2.24) is 5.32 Å². The third-order valence-corrected chi connectivity index (χ3v) is 11.7. The normalized spacial score (nSPS) is 15.8. The first-order valence-corrected chi connectivity index (χ1v) is 17.3. The zero-order valence-electron chi connectivity index (χ0n) is 25.4. The molecule has 42 heavy (non-hydrogen) atoms. The zero-order valence-corrected chi connectivity index (χ0v) is 27.9. The fourth-order valence-corrected chi connectivity index (χ4v) is 9.09. The second-order valence-corrected chi connectivity index (χ2v) is 16.9. The number of amides is 1. The molecular formula is C35H43NO4SSe. The van der Waals surface area contributed by atoms with Gasteiger partial charge in [-0.1, -0.05) is 0 Å². The molecule has 0 heterocycles. The second kappa shape index (κ2) is 14.3. The summed E-state index contributed by atoms with van der Waals surface area (Å²) in [5.41, 5.74) is 4.68. The van der Waals surface area contributed by atoms with Crippen molar-refractivity contribution >= 4 is 42.4 Å². The average Bonchev–Trinajstić information content (AvgIpc) is 3.26. The van der Waals surface area contributed by atoms with Crippen molar-refractivity contribution < 1.29 is 19.4 Å². The average molecular weight is 653 g/mol. The Hall–Kier alpha value is -2.57. The van der Waals surface area contributed by atoms with Gasteiger partial charge in [0, 0.05) is 0 Å². The predicted molar refractivity (Wildman–Crippen MR) is 175 cm³/mol. The van der Waals surface area contributed by atoms with E-state index in [9.17, 15) is 14.7 Å². The summed E-state index contributed by atoms with van der Waals surface area (Å²) >= 11 is 1.10. The molecular weight excluding hydrogens is 609 g/mol.